The Morgan fingerprint density at radius 3 is 2.38 bits per heavy atom. The van der Waals surface area contributed by atoms with Crippen LogP contribution in [0.3, 0.4) is 0 Å². The Balaban J connectivity index is 1.94. The lowest BCUT2D eigenvalue weighted by Crippen LogP contribution is -2.32. The highest BCUT2D eigenvalue weighted by molar-refractivity contribution is 6.08. The number of carbonyl (C=O) groups is 2. The van der Waals surface area contributed by atoms with Crippen molar-refractivity contribution in [2.45, 2.75) is 19.4 Å². The van der Waals surface area contributed by atoms with E-state index in [1.807, 2.05) is 36.4 Å². The van der Waals surface area contributed by atoms with Gasteiger partial charge in [-0.3, -0.25) is 9.59 Å². The summed E-state index contributed by atoms with van der Waals surface area (Å²) >= 11 is 0. The first kappa shape index (κ1) is 17.4. The van der Waals surface area contributed by atoms with Crippen molar-refractivity contribution in [1.29, 1.82) is 5.26 Å². The number of carbonyl (C=O) groups excluding carboxylic acids is 2. The van der Waals surface area contributed by atoms with Crippen LogP contribution < -0.4 is 0 Å². The van der Waals surface area contributed by atoms with Gasteiger partial charge in [-0.05, 0) is 36.6 Å². The van der Waals surface area contributed by atoms with Crippen LogP contribution >= 0.6 is 0 Å². The fourth-order valence-corrected chi connectivity index (χ4v) is 3.22. The molecule has 5 heteroatoms. The van der Waals surface area contributed by atoms with Crippen LogP contribution in [0.2, 0.25) is 0 Å². The minimum Gasteiger partial charge on any atom is -0.503 e. The summed E-state index contributed by atoms with van der Waals surface area (Å²) in [4.78, 5) is 26.2. The molecule has 0 radical (unpaired) electrons. The Labute approximate surface area is 151 Å². The normalized spacial score (nSPS) is 16.7. The Morgan fingerprint density at radius 1 is 1.15 bits per heavy atom. The zero-order valence-electron chi connectivity index (χ0n) is 14.3. The molecular weight excluding hydrogens is 328 g/mol. The smallest absolute Gasteiger partial charge is 0.290 e. The third kappa shape index (κ3) is 3.22. The molecule has 26 heavy (non-hydrogen) atoms. The highest BCUT2D eigenvalue weighted by Gasteiger charge is 2.41. The minimum atomic E-state index is -0.642. The molecule has 130 valence electrons. The Bertz CT molecular complexity index is 909. The summed E-state index contributed by atoms with van der Waals surface area (Å²) in [6, 6.07) is 17.8. The first-order chi connectivity index (χ1) is 12.5. The van der Waals surface area contributed by atoms with Gasteiger partial charge in [0.25, 0.3) is 5.91 Å². The summed E-state index contributed by atoms with van der Waals surface area (Å²) in [5.41, 5.74) is 2.36. The summed E-state index contributed by atoms with van der Waals surface area (Å²) in [5.74, 6) is -1.37. The van der Waals surface area contributed by atoms with Crippen LogP contribution in [-0.2, 0) is 16.0 Å². The molecule has 3 rings (SSSR count). The van der Waals surface area contributed by atoms with Crippen molar-refractivity contribution in [2.24, 2.45) is 0 Å². The number of hydrogen-bond donors (Lipinski definition) is 1. The van der Waals surface area contributed by atoms with Gasteiger partial charge in [0.1, 0.15) is 0 Å². The number of amides is 1. The number of nitrogens with zero attached hydrogens (tertiary/aromatic N) is 2. The molecule has 1 unspecified atom stereocenters. The summed E-state index contributed by atoms with van der Waals surface area (Å²) < 4.78 is 0. The van der Waals surface area contributed by atoms with E-state index in [9.17, 15) is 14.7 Å². The lowest BCUT2D eigenvalue weighted by atomic mass is 9.96. The number of benzene rings is 2. The SMILES string of the molecule is CC(=O)C1=C(O)C(=O)N(CCc2ccccc2)C1c1ccc(C#N)cc1. The molecule has 1 N–H and O–H groups in total. The van der Waals surface area contributed by atoms with Gasteiger partial charge in [-0.15, -0.1) is 0 Å². The lowest BCUT2D eigenvalue weighted by molar-refractivity contribution is -0.129. The van der Waals surface area contributed by atoms with Crippen molar-refractivity contribution in [2.75, 3.05) is 6.54 Å². The predicted molar refractivity (Wildman–Crippen MR) is 96.1 cm³/mol. The van der Waals surface area contributed by atoms with Crippen LogP contribution in [0.15, 0.2) is 65.9 Å². The van der Waals surface area contributed by atoms with Gasteiger partial charge in [0, 0.05) is 6.54 Å². The number of aliphatic hydroxyl groups is 1. The Kier molecular flexibility index (Phi) is 4.85. The van der Waals surface area contributed by atoms with E-state index in [2.05, 4.69) is 0 Å². The highest BCUT2D eigenvalue weighted by Crippen LogP contribution is 2.37. The lowest BCUT2D eigenvalue weighted by Gasteiger charge is -2.26. The van der Waals surface area contributed by atoms with Crippen molar-refractivity contribution in [1.82, 2.24) is 4.90 Å². The van der Waals surface area contributed by atoms with Gasteiger partial charge in [0.05, 0.1) is 23.2 Å². The fourth-order valence-electron chi connectivity index (χ4n) is 3.22. The number of rotatable bonds is 5. The third-order valence-corrected chi connectivity index (χ3v) is 4.52. The van der Waals surface area contributed by atoms with E-state index >= 15 is 0 Å². The van der Waals surface area contributed by atoms with E-state index in [1.54, 1.807) is 24.3 Å². The molecule has 2 aromatic rings. The van der Waals surface area contributed by atoms with Crippen molar-refractivity contribution in [3.63, 3.8) is 0 Å². The quantitative estimate of drug-likeness (QED) is 0.902. The number of aliphatic hydroxyl groups excluding tert-OH is 1. The Morgan fingerprint density at radius 2 is 1.81 bits per heavy atom. The van der Waals surface area contributed by atoms with Crippen LogP contribution in [-0.4, -0.2) is 28.2 Å². The van der Waals surface area contributed by atoms with E-state index in [-0.39, 0.29) is 11.4 Å². The Hall–Kier alpha value is -3.39. The van der Waals surface area contributed by atoms with Gasteiger partial charge in [-0.25, -0.2) is 0 Å². The summed E-state index contributed by atoms with van der Waals surface area (Å²) in [5, 5.41) is 19.2. The first-order valence-corrected chi connectivity index (χ1v) is 8.32. The van der Waals surface area contributed by atoms with Crippen LogP contribution in [0, 0.1) is 11.3 Å². The molecule has 1 aliphatic heterocycles. The molecule has 2 aromatic carbocycles. The number of ketones is 1. The van der Waals surface area contributed by atoms with Crippen molar-refractivity contribution in [3.05, 3.63) is 82.6 Å². The molecule has 0 aromatic heterocycles. The minimum absolute atomic E-state index is 0.104. The summed E-state index contributed by atoms with van der Waals surface area (Å²) in [7, 11) is 0. The van der Waals surface area contributed by atoms with Gasteiger partial charge in [0.15, 0.2) is 11.5 Å². The van der Waals surface area contributed by atoms with E-state index in [0.29, 0.717) is 24.1 Å². The first-order valence-electron chi connectivity index (χ1n) is 8.32. The van der Waals surface area contributed by atoms with Crippen molar-refractivity contribution in [3.8, 4) is 6.07 Å². The number of Topliss-reactive ketones (excluding diaryl/α,β-unsaturated/α-hetero) is 1. The maximum Gasteiger partial charge on any atom is 0.290 e. The van der Waals surface area contributed by atoms with E-state index < -0.39 is 17.7 Å². The standard InChI is InChI=1S/C21H18N2O3/c1-14(24)18-19(17-9-7-16(13-22)8-10-17)23(21(26)20(18)25)12-11-15-5-3-2-4-6-15/h2-10,19,25H,11-12H2,1H3. The maximum atomic E-state index is 12.6. The summed E-state index contributed by atoms with van der Waals surface area (Å²) in [6.07, 6.45) is 0.609. The van der Waals surface area contributed by atoms with Crippen LogP contribution in [0.4, 0.5) is 0 Å². The molecule has 0 aliphatic carbocycles. The molecule has 5 nitrogen and oxygen atoms in total. The molecule has 1 heterocycles. The van der Waals surface area contributed by atoms with Crippen LogP contribution in [0.1, 0.15) is 29.7 Å². The molecule has 0 fully saturated rings. The van der Waals surface area contributed by atoms with Crippen LogP contribution in [0.5, 0.6) is 0 Å². The van der Waals surface area contributed by atoms with Gasteiger partial charge in [-0.1, -0.05) is 42.5 Å². The molecule has 1 atom stereocenters. The summed E-state index contributed by atoms with van der Waals surface area (Å²) in [6.45, 7) is 1.71. The second kappa shape index (κ2) is 7.24. The van der Waals surface area contributed by atoms with Gasteiger partial charge < -0.3 is 10.0 Å². The molecule has 1 aliphatic rings. The van der Waals surface area contributed by atoms with Crippen molar-refractivity contribution < 1.29 is 14.7 Å². The van der Waals surface area contributed by atoms with Crippen LogP contribution in [0.25, 0.3) is 0 Å². The van der Waals surface area contributed by atoms with Gasteiger partial charge >= 0.3 is 0 Å². The predicted octanol–water partition coefficient (Wildman–Crippen LogP) is 3.09. The molecular formula is C21H18N2O3. The maximum absolute atomic E-state index is 12.6. The molecule has 0 saturated heterocycles. The van der Waals surface area contributed by atoms with E-state index in [0.717, 1.165) is 5.56 Å². The highest BCUT2D eigenvalue weighted by atomic mass is 16.3. The molecule has 1 amide bonds. The van der Waals surface area contributed by atoms with E-state index in [1.165, 1.54) is 11.8 Å². The zero-order valence-corrected chi connectivity index (χ0v) is 14.3. The average molecular weight is 346 g/mol. The molecule has 0 bridgehead atoms. The average Bonchev–Trinajstić information content (AvgIpc) is 2.92. The monoisotopic (exact) mass is 346 g/mol. The molecule has 0 spiro atoms. The van der Waals surface area contributed by atoms with E-state index in [4.69, 9.17) is 5.26 Å². The van der Waals surface area contributed by atoms with Gasteiger partial charge in [-0.2, -0.15) is 5.26 Å². The third-order valence-electron chi connectivity index (χ3n) is 4.52. The van der Waals surface area contributed by atoms with Crippen molar-refractivity contribution >= 4 is 11.7 Å². The fraction of sp³-hybridized carbons (Fsp3) is 0.190. The second-order valence-electron chi connectivity index (χ2n) is 6.19. The largest absolute Gasteiger partial charge is 0.503 e. The number of nitriles is 1. The second-order valence-corrected chi connectivity index (χ2v) is 6.19. The van der Waals surface area contributed by atoms with Gasteiger partial charge in [0.2, 0.25) is 0 Å². The zero-order chi connectivity index (χ0) is 18.7. The number of hydrogen-bond acceptors (Lipinski definition) is 4. The topological polar surface area (TPSA) is 81.4 Å². The molecule has 0 saturated carbocycles.